The van der Waals surface area contributed by atoms with Crippen LogP contribution in [-0.2, 0) is 0 Å². The minimum Gasteiger partial charge on any atom is -0.409 e. The summed E-state index contributed by atoms with van der Waals surface area (Å²) >= 11 is 1.73. The number of hydrogen-bond donors (Lipinski definition) is 1. The molecule has 0 saturated heterocycles. The van der Waals surface area contributed by atoms with Gasteiger partial charge in [0.05, 0.1) is 3.57 Å². The fraction of sp³-hybridized carbons (Fsp3) is 0. The number of halogens is 2. The van der Waals surface area contributed by atoms with Crippen LogP contribution in [0.15, 0.2) is 18.2 Å². The standard InChI is InChI=1S/C7H5FINO2/c8-4-2-1-3-5(6(4)9)12-7(10)11/h1-3H,(H2,10,11). The summed E-state index contributed by atoms with van der Waals surface area (Å²) in [6.07, 6.45) is -0.946. The molecule has 5 heteroatoms. The number of ether oxygens (including phenoxy) is 1. The summed E-state index contributed by atoms with van der Waals surface area (Å²) in [6.45, 7) is 0. The number of carbonyl (C=O) groups excluding carboxylic acids is 1. The quantitative estimate of drug-likeness (QED) is 0.799. The summed E-state index contributed by atoms with van der Waals surface area (Å²) in [5, 5.41) is 0. The summed E-state index contributed by atoms with van der Waals surface area (Å²) in [7, 11) is 0. The van der Waals surface area contributed by atoms with Crippen LogP contribution in [0.1, 0.15) is 0 Å². The van der Waals surface area contributed by atoms with Crippen molar-refractivity contribution in [3.05, 3.63) is 27.6 Å². The van der Waals surface area contributed by atoms with Gasteiger partial charge in [0.1, 0.15) is 11.6 Å². The summed E-state index contributed by atoms with van der Waals surface area (Å²) in [5.74, 6) is -0.294. The third kappa shape index (κ3) is 2.07. The zero-order valence-corrected chi connectivity index (χ0v) is 8.04. The Morgan fingerprint density at radius 3 is 2.83 bits per heavy atom. The van der Waals surface area contributed by atoms with Gasteiger partial charge in [0.15, 0.2) is 0 Å². The molecular formula is C7H5FINO2. The average Bonchev–Trinajstić information content (AvgIpc) is 1.98. The second-order valence-electron chi connectivity index (χ2n) is 1.97. The Kier molecular flexibility index (Phi) is 2.85. The fourth-order valence-electron chi connectivity index (χ4n) is 0.671. The first kappa shape index (κ1) is 9.24. The maximum absolute atomic E-state index is 12.8. The van der Waals surface area contributed by atoms with E-state index in [1.54, 1.807) is 22.6 Å². The fourth-order valence-corrected chi connectivity index (χ4v) is 1.14. The second kappa shape index (κ2) is 3.70. The van der Waals surface area contributed by atoms with Gasteiger partial charge in [-0.2, -0.15) is 0 Å². The Balaban J connectivity index is 3.00. The van der Waals surface area contributed by atoms with E-state index in [4.69, 9.17) is 5.73 Å². The van der Waals surface area contributed by atoms with Crippen molar-refractivity contribution in [3.8, 4) is 5.75 Å². The number of rotatable bonds is 1. The third-order valence-electron chi connectivity index (χ3n) is 1.13. The molecule has 0 saturated carbocycles. The van der Waals surface area contributed by atoms with E-state index < -0.39 is 11.9 Å². The highest BCUT2D eigenvalue weighted by molar-refractivity contribution is 14.1. The molecule has 0 radical (unpaired) electrons. The normalized spacial score (nSPS) is 9.50. The summed E-state index contributed by atoms with van der Waals surface area (Å²) < 4.78 is 17.6. The number of benzene rings is 1. The molecule has 64 valence electrons. The number of carbonyl (C=O) groups is 1. The maximum Gasteiger partial charge on any atom is 0.410 e. The number of primary amides is 1. The van der Waals surface area contributed by atoms with Gasteiger partial charge in [0.25, 0.3) is 0 Å². The van der Waals surface area contributed by atoms with Crippen LogP contribution < -0.4 is 10.5 Å². The lowest BCUT2D eigenvalue weighted by Crippen LogP contribution is -2.17. The van der Waals surface area contributed by atoms with E-state index in [1.807, 2.05) is 0 Å². The summed E-state index contributed by atoms with van der Waals surface area (Å²) in [4.78, 5) is 10.3. The van der Waals surface area contributed by atoms with Crippen LogP contribution >= 0.6 is 22.6 Å². The van der Waals surface area contributed by atoms with E-state index in [-0.39, 0.29) is 9.32 Å². The lowest BCUT2D eigenvalue weighted by molar-refractivity contribution is 0.210. The molecule has 1 amide bonds. The second-order valence-corrected chi connectivity index (χ2v) is 3.05. The van der Waals surface area contributed by atoms with Gasteiger partial charge in [-0.3, -0.25) is 0 Å². The smallest absolute Gasteiger partial charge is 0.409 e. The van der Waals surface area contributed by atoms with Gasteiger partial charge < -0.3 is 10.5 Å². The predicted octanol–water partition coefficient (Wildman–Crippen LogP) is 1.89. The molecule has 3 nitrogen and oxygen atoms in total. The van der Waals surface area contributed by atoms with E-state index in [9.17, 15) is 9.18 Å². The zero-order valence-electron chi connectivity index (χ0n) is 5.88. The molecule has 1 aromatic rings. The van der Waals surface area contributed by atoms with Crippen LogP contribution in [0.4, 0.5) is 9.18 Å². The van der Waals surface area contributed by atoms with Crippen molar-refractivity contribution in [1.29, 1.82) is 0 Å². The topological polar surface area (TPSA) is 52.3 Å². The molecule has 0 heterocycles. The van der Waals surface area contributed by atoms with Crippen molar-refractivity contribution in [3.63, 3.8) is 0 Å². The Morgan fingerprint density at radius 1 is 1.58 bits per heavy atom. The SMILES string of the molecule is NC(=O)Oc1cccc(F)c1I. The molecule has 1 rings (SSSR count). The summed E-state index contributed by atoms with van der Waals surface area (Å²) in [5.41, 5.74) is 4.76. The largest absolute Gasteiger partial charge is 0.410 e. The zero-order chi connectivity index (χ0) is 9.14. The molecule has 0 fully saturated rings. The first-order valence-electron chi connectivity index (χ1n) is 3.02. The first-order chi connectivity index (χ1) is 5.61. The molecule has 0 spiro atoms. The van der Waals surface area contributed by atoms with Crippen LogP contribution in [0.2, 0.25) is 0 Å². The monoisotopic (exact) mass is 281 g/mol. The van der Waals surface area contributed by atoms with Crippen LogP contribution in [0.25, 0.3) is 0 Å². The van der Waals surface area contributed by atoms with Crippen LogP contribution in [0.3, 0.4) is 0 Å². The van der Waals surface area contributed by atoms with E-state index >= 15 is 0 Å². The highest BCUT2D eigenvalue weighted by Gasteiger charge is 2.07. The van der Waals surface area contributed by atoms with Gasteiger partial charge in [-0.25, -0.2) is 9.18 Å². The Bertz CT molecular complexity index is 316. The van der Waals surface area contributed by atoms with Gasteiger partial charge in [-0.15, -0.1) is 0 Å². The molecule has 0 aliphatic carbocycles. The molecule has 0 unspecified atom stereocenters. The Labute approximate surface area is 81.8 Å². The first-order valence-corrected chi connectivity index (χ1v) is 4.10. The van der Waals surface area contributed by atoms with Crippen molar-refractivity contribution in [2.45, 2.75) is 0 Å². The minimum absolute atomic E-state index is 0.142. The van der Waals surface area contributed by atoms with Gasteiger partial charge in [0, 0.05) is 0 Å². The maximum atomic E-state index is 12.8. The van der Waals surface area contributed by atoms with Gasteiger partial charge in [-0.05, 0) is 34.7 Å². The van der Waals surface area contributed by atoms with E-state index in [0.717, 1.165) is 0 Å². The molecular weight excluding hydrogens is 276 g/mol. The number of nitrogens with two attached hydrogens (primary N) is 1. The molecule has 0 aliphatic rings. The van der Waals surface area contributed by atoms with Crippen LogP contribution in [-0.4, -0.2) is 6.09 Å². The molecule has 0 aliphatic heterocycles. The molecule has 1 aromatic carbocycles. The van der Waals surface area contributed by atoms with Crippen molar-refractivity contribution in [2.75, 3.05) is 0 Å². The van der Waals surface area contributed by atoms with Crippen molar-refractivity contribution < 1.29 is 13.9 Å². The Morgan fingerprint density at radius 2 is 2.25 bits per heavy atom. The number of amides is 1. The molecule has 12 heavy (non-hydrogen) atoms. The van der Waals surface area contributed by atoms with Crippen LogP contribution in [0, 0.1) is 9.39 Å². The van der Waals surface area contributed by atoms with Crippen molar-refractivity contribution in [2.24, 2.45) is 5.73 Å². The Hall–Kier alpha value is -0.850. The van der Waals surface area contributed by atoms with Crippen molar-refractivity contribution >= 4 is 28.7 Å². The third-order valence-corrected chi connectivity index (χ3v) is 2.17. The minimum atomic E-state index is -0.946. The van der Waals surface area contributed by atoms with E-state index in [1.165, 1.54) is 18.2 Å². The number of hydrogen-bond acceptors (Lipinski definition) is 2. The predicted molar refractivity (Wildman–Crippen MR) is 49.3 cm³/mol. The van der Waals surface area contributed by atoms with E-state index in [2.05, 4.69) is 4.74 Å². The molecule has 2 N–H and O–H groups in total. The highest BCUT2D eigenvalue weighted by atomic mass is 127. The van der Waals surface area contributed by atoms with Crippen molar-refractivity contribution in [1.82, 2.24) is 0 Å². The van der Waals surface area contributed by atoms with Crippen LogP contribution in [0.5, 0.6) is 5.75 Å². The van der Waals surface area contributed by atoms with E-state index in [0.29, 0.717) is 0 Å². The van der Waals surface area contributed by atoms with Gasteiger partial charge in [-0.1, -0.05) is 6.07 Å². The summed E-state index contributed by atoms with van der Waals surface area (Å²) in [6, 6.07) is 4.18. The molecule has 0 bridgehead atoms. The molecule has 0 atom stereocenters. The lowest BCUT2D eigenvalue weighted by atomic mass is 10.3. The average molecular weight is 281 g/mol. The molecule has 0 aromatic heterocycles. The lowest BCUT2D eigenvalue weighted by Gasteiger charge is -2.02. The van der Waals surface area contributed by atoms with Gasteiger partial charge in [0.2, 0.25) is 0 Å². The highest BCUT2D eigenvalue weighted by Crippen LogP contribution is 2.22. The van der Waals surface area contributed by atoms with Gasteiger partial charge >= 0.3 is 6.09 Å².